The van der Waals surface area contributed by atoms with Crippen LogP contribution in [0.5, 0.6) is 5.75 Å². The van der Waals surface area contributed by atoms with Crippen molar-refractivity contribution in [1.29, 1.82) is 0 Å². The van der Waals surface area contributed by atoms with E-state index in [4.69, 9.17) is 16.3 Å². The van der Waals surface area contributed by atoms with Gasteiger partial charge in [0.2, 0.25) is 5.91 Å². The lowest BCUT2D eigenvalue weighted by Crippen LogP contribution is -2.15. The molecule has 21 heavy (non-hydrogen) atoms. The first-order chi connectivity index (χ1) is 10.0. The monoisotopic (exact) mass is 307 g/mol. The average Bonchev–Trinajstić information content (AvgIpc) is 2.44. The lowest BCUT2D eigenvalue weighted by atomic mass is 10.2. The van der Waals surface area contributed by atoms with Crippen LogP contribution in [0.25, 0.3) is 0 Å². The summed E-state index contributed by atoms with van der Waals surface area (Å²) in [4.78, 5) is 11.8. The second kappa shape index (κ2) is 7.09. The number of rotatable bonds is 5. The van der Waals surface area contributed by atoms with Crippen molar-refractivity contribution in [2.75, 3.05) is 11.9 Å². The highest BCUT2D eigenvalue weighted by Gasteiger charge is 2.06. The van der Waals surface area contributed by atoms with Crippen LogP contribution in [0.15, 0.2) is 42.5 Å². The second-order valence-electron chi connectivity index (χ2n) is 4.56. The van der Waals surface area contributed by atoms with Gasteiger partial charge in [-0.3, -0.25) is 4.79 Å². The van der Waals surface area contributed by atoms with Gasteiger partial charge >= 0.3 is 0 Å². The molecule has 2 aromatic carbocycles. The summed E-state index contributed by atoms with van der Waals surface area (Å²) < 4.78 is 18.4. The molecule has 0 spiro atoms. The van der Waals surface area contributed by atoms with E-state index in [0.717, 1.165) is 0 Å². The normalized spacial score (nSPS) is 10.2. The molecule has 0 unspecified atom stereocenters. The molecule has 0 aromatic heterocycles. The first-order valence-corrected chi connectivity index (χ1v) is 6.87. The Morgan fingerprint density at radius 2 is 1.95 bits per heavy atom. The van der Waals surface area contributed by atoms with Crippen LogP contribution in [-0.4, -0.2) is 12.5 Å². The summed E-state index contributed by atoms with van der Waals surface area (Å²) >= 11 is 5.77. The number of hydrogen-bond acceptors (Lipinski definition) is 2. The quantitative estimate of drug-likeness (QED) is 0.899. The minimum absolute atomic E-state index is 0.182. The number of aryl methyl sites for hydroxylation is 1. The fourth-order valence-electron chi connectivity index (χ4n) is 1.77. The summed E-state index contributed by atoms with van der Waals surface area (Å²) in [6.07, 6.45) is 0.208. The summed E-state index contributed by atoms with van der Waals surface area (Å²) in [6.45, 7) is 2.00. The minimum atomic E-state index is -0.323. The summed E-state index contributed by atoms with van der Waals surface area (Å²) in [5.41, 5.74) is 1.29. The van der Waals surface area contributed by atoms with Crippen LogP contribution in [0.4, 0.5) is 10.1 Å². The number of carbonyl (C=O) groups is 1. The van der Waals surface area contributed by atoms with Crippen LogP contribution < -0.4 is 10.1 Å². The Kier molecular flexibility index (Phi) is 5.17. The van der Waals surface area contributed by atoms with Crippen molar-refractivity contribution < 1.29 is 13.9 Å². The van der Waals surface area contributed by atoms with E-state index < -0.39 is 0 Å². The van der Waals surface area contributed by atoms with Gasteiger partial charge in [-0.2, -0.15) is 0 Å². The van der Waals surface area contributed by atoms with Crippen LogP contribution in [0.2, 0.25) is 5.02 Å². The molecule has 0 radical (unpaired) electrons. The third-order valence-corrected chi connectivity index (χ3v) is 3.13. The smallest absolute Gasteiger partial charge is 0.227 e. The molecule has 5 heteroatoms. The molecule has 0 aliphatic rings. The van der Waals surface area contributed by atoms with E-state index >= 15 is 0 Å². The minimum Gasteiger partial charge on any atom is -0.493 e. The molecule has 0 saturated carbocycles. The molecular formula is C16H15ClFNO2. The summed E-state index contributed by atoms with van der Waals surface area (Å²) in [5.74, 6) is 0.153. The van der Waals surface area contributed by atoms with E-state index in [1.807, 2.05) is 0 Å². The lowest BCUT2D eigenvalue weighted by Gasteiger charge is -2.09. The largest absolute Gasteiger partial charge is 0.493 e. The molecule has 0 saturated heterocycles. The van der Waals surface area contributed by atoms with Crippen LogP contribution >= 0.6 is 11.6 Å². The highest BCUT2D eigenvalue weighted by Crippen LogP contribution is 2.17. The maximum atomic E-state index is 13.0. The standard InChI is InChI=1S/C16H15ClFNO2/c1-11-10-13(18)4-7-15(11)19-16(20)8-9-21-14-5-2-12(17)3-6-14/h2-7,10H,8-9H2,1H3,(H,19,20). The molecule has 0 fully saturated rings. The van der Waals surface area contributed by atoms with E-state index in [9.17, 15) is 9.18 Å². The zero-order chi connectivity index (χ0) is 15.2. The Morgan fingerprint density at radius 3 is 2.62 bits per heavy atom. The third kappa shape index (κ3) is 4.76. The number of ether oxygens (including phenoxy) is 1. The Bertz CT molecular complexity index is 629. The Hall–Kier alpha value is -2.07. The van der Waals surface area contributed by atoms with Crippen molar-refractivity contribution in [3.8, 4) is 5.75 Å². The average molecular weight is 308 g/mol. The molecule has 3 nitrogen and oxygen atoms in total. The number of benzene rings is 2. The van der Waals surface area contributed by atoms with Gasteiger partial charge in [0.15, 0.2) is 0 Å². The van der Waals surface area contributed by atoms with Gasteiger partial charge in [-0.1, -0.05) is 11.6 Å². The summed E-state index contributed by atoms with van der Waals surface area (Å²) in [5, 5.41) is 3.36. The van der Waals surface area contributed by atoms with Crippen molar-refractivity contribution >= 4 is 23.2 Å². The van der Waals surface area contributed by atoms with E-state index in [1.54, 1.807) is 37.3 Å². The first kappa shape index (κ1) is 15.3. The Labute approximate surface area is 127 Å². The van der Waals surface area contributed by atoms with Crippen molar-refractivity contribution in [2.24, 2.45) is 0 Å². The van der Waals surface area contributed by atoms with Crippen molar-refractivity contribution in [3.63, 3.8) is 0 Å². The number of nitrogens with one attached hydrogen (secondary N) is 1. The molecule has 0 aliphatic heterocycles. The molecule has 110 valence electrons. The predicted octanol–water partition coefficient (Wildman–Crippen LogP) is 4.20. The molecule has 2 rings (SSSR count). The third-order valence-electron chi connectivity index (χ3n) is 2.87. The van der Waals surface area contributed by atoms with Gasteiger partial charge in [0.25, 0.3) is 0 Å². The van der Waals surface area contributed by atoms with Crippen LogP contribution in [0, 0.1) is 12.7 Å². The number of anilines is 1. The SMILES string of the molecule is Cc1cc(F)ccc1NC(=O)CCOc1ccc(Cl)cc1. The summed E-state index contributed by atoms with van der Waals surface area (Å²) in [6, 6.07) is 11.2. The molecule has 1 N–H and O–H groups in total. The highest BCUT2D eigenvalue weighted by atomic mass is 35.5. The van der Waals surface area contributed by atoms with Gasteiger partial charge in [0.1, 0.15) is 11.6 Å². The zero-order valence-corrected chi connectivity index (χ0v) is 12.3. The topological polar surface area (TPSA) is 38.3 Å². The maximum Gasteiger partial charge on any atom is 0.227 e. The van der Waals surface area contributed by atoms with E-state index in [1.165, 1.54) is 12.1 Å². The lowest BCUT2D eigenvalue weighted by molar-refractivity contribution is -0.116. The molecule has 0 bridgehead atoms. The van der Waals surface area contributed by atoms with E-state index in [-0.39, 0.29) is 24.8 Å². The van der Waals surface area contributed by atoms with Gasteiger partial charge in [0.05, 0.1) is 13.0 Å². The van der Waals surface area contributed by atoms with Crippen LogP contribution in [-0.2, 0) is 4.79 Å². The van der Waals surface area contributed by atoms with Gasteiger partial charge in [-0.15, -0.1) is 0 Å². The first-order valence-electron chi connectivity index (χ1n) is 6.49. The Morgan fingerprint density at radius 1 is 1.24 bits per heavy atom. The number of carbonyl (C=O) groups excluding carboxylic acids is 1. The molecule has 2 aromatic rings. The molecule has 0 aliphatic carbocycles. The van der Waals surface area contributed by atoms with Crippen LogP contribution in [0.3, 0.4) is 0 Å². The van der Waals surface area contributed by atoms with Crippen LogP contribution in [0.1, 0.15) is 12.0 Å². The Balaban J connectivity index is 1.81. The second-order valence-corrected chi connectivity index (χ2v) is 5.00. The zero-order valence-electron chi connectivity index (χ0n) is 11.5. The van der Waals surface area contributed by atoms with Gasteiger partial charge in [0, 0.05) is 10.7 Å². The summed E-state index contributed by atoms with van der Waals surface area (Å²) in [7, 11) is 0. The predicted molar refractivity (Wildman–Crippen MR) is 81.3 cm³/mol. The van der Waals surface area contributed by atoms with Gasteiger partial charge in [-0.25, -0.2) is 4.39 Å². The van der Waals surface area contributed by atoms with E-state index in [2.05, 4.69) is 5.32 Å². The molecule has 0 heterocycles. The van der Waals surface area contributed by atoms with Gasteiger partial charge in [-0.05, 0) is 55.0 Å². The highest BCUT2D eigenvalue weighted by molar-refractivity contribution is 6.30. The number of amides is 1. The fourth-order valence-corrected chi connectivity index (χ4v) is 1.90. The van der Waals surface area contributed by atoms with Gasteiger partial charge < -0.3 is 10.1 Å². The number of hydrogen-bond donors (Lipinski definition) is 1. The van der Waals surface area contributed by atoms with Crippen molar-refractivity contribution in [3.05, 3.63) is 58.9 Å². The van der Waals surface area contributed by atoms with Crippen molar-refractivity contribution in [2.45, 2.75) is 13.3 Å². The van der Waals surface area contributed by atoms with E-state index in [0.29, 0.717) is 22.0 Å². The maximum absolute atomic E-state index is 13.0. The molecular weight excluding hydrogens is 293 g/mol. The number of halogens is 2. The molecule has 1 amide bonds. The fraction of sp³-hybridized carbons (Fsp3) is 0.188. The molecule has 0 atom stereocenters. The van der Waals surface area contributed by atoms with Crippen molar-refractivity contribution in [1.82, 2.24) is 0 Å².